The van der Waals surface area contributed by atoms with Gasteiger partial charge in [0.2, 0.25) is 0 Å². The van der Waals surface area contributed by atoms with E-state index in [9.17, 15) is 14.4 Å². The zero-order valence-corrected chi connectivity index (χ0v) is 10.7. The molecule has 0 radical (unpaired) electrons. The summed E-state index contributed by atoms with van der Waals surface area (Å²) in [7, 11) is 0. The SMILES string of the molecule is CC(=O)Oc1cc(C)c2c(c1OC(C)=O)C(=O)OC2. The Morgan fingerprint density at radius 3 is 2.42 bits per heavy atom. The molecule has 2 rings (SSSR count). The molecule has 1 aliphatic heterocycles. The molecule has 0 aliphatic carbocycles. The summed E-state index contributed by atoms with van der Waals surface area (Å²) < 4.78 is 14.9. The second-order valence-electron chi connectivity index (χ2n) is 4.14. The minimum Gasteiger partial charge on any atom is -0.457 e. The van der Waals surface area contributed by atoms with Gasteiger partial charge in [-0.3, -0.25) is 9.59 Å². The predicted molar refractivity (Wildman–Crippen MR) is 62.9 cm³/mol. The quantitative estimate of drug-likeness (QED) is 0.595. The molecule has 0 saturated heterocycles. The average molecular weight is 264 g/mol. The van der Waals surface area contributed by atoms with Gasteiger partial charge in [0.1, 0.15) is 12.2 Å². The highest BCUT2D eigenvalue weighted by Gasteiger charge is 2.31. The zero-order valence-electron chi connectivity index (χ0n) is 10.7. The van der Waals surface area contributed by atoms with Crippen molar-refractivity contribution in [2.45, 2.75) is 27.4 Å². The number of hydrogen-bond acceptors (Lipinski definition) is 6. The van der Waals surface area contributed by atoms with E-state index in [0.717, 1.165) is 5.56 Å². The van der Waals surface area contributed by atoms with E-state index >= 15 is 0 Å². The molecule has 0 bridgehead atoms. The van der Waals surface area contributed by atoms with Gasteiger partial charge in [-0.15, -0.1) is 0 Å². The van der Waals surface area contributed by atoms with Crippen LogP contribution in [0.1, 0.15) is 35.3 Å². The van der Waals surface area contributed by atoms with Gasteiger partial charge in [0, 0.05) is 19.4 Å². The van der Waals surface area contributed by atoms with Crippen LogP contribution in [-0.4, -0.2) is 17.9 Å². The van der Waals surface area contributed by atoms with Crippen molar-refractivity contribution in [2.75, 3.05) is 0 Å². The number of fused-ring (bicyclic) bond motifs is 1. The number of aryl methyl sites for hydroxylation is 1. The predicted octanol–water partition coefficient (Wildman–Crippen LogP) is 1.52. The summed E-state index contributed by atoms with van der Waals surface area (Å²) in [6, 6.07) is 1.54. The van der Waals surface area contributed by atoms with E-state index in [1.54, 1.807) is 13.0 Å². The fourth-order valence-electron chi connectivity index (χ4n) is 1.89. The first-order valence-electron chi connectivity index (χ1n) is 5.60. The maximum Gasteiger partial charge on any atom is 0.342 e. The lowest BCUT2D eigenvalue weighted by Gasteiger charge is -2.12. The van der Waals surface area contributed by atoms with Crippen LogP contribution in [0.3, 0.4) is 0 Å². The van der Waals surface area contributed by atoms with Gasteiger partial charge < -0.3 is 14.2 Å². The molecule has 0 aromatic heterocycles. The van der Waals surface area contributed by atoms with Crippen molar-refractivity contribution in [3.05, 3.63) is 22.8 Å². The highest BCUT2D eigenvalue weighted by Crippen LogP contribution is 2.40. The topological polar surface area (TPSA) is 78.9 Å². The lowest BCUT2D eigenvalue weighted by molar-refractivity contribution is -0.134. The molecule has 0 spiro atoms. The van der Waals surface area contributed by atoms with E-state index in [2.05, 4.69) is 0 Å². The first-order valence-corrected chi connectivity index (χ1v) is 5.60. The maximum atomic E-state index is 11.7. The Balaban J connectivity index is 2.63. The van der Waals surface area contributed by atoms with Gasteiger partial charge in [-0.1, -0.05) is 0 Å². The van der Waals surface area contributed by atoms with Crippen LogP contribution in [0.25, 0.3) is 0 Å². The molecule has 19 heavy (non-hydrogen) atoms. The summed E-state index contributed by atoms with van der Waals surface area (Å²) >= 11 is 0. The highest BCUT2D eigenvalue weighted by atomic mass is 16.6. The van der Waals surface area contributed by atoms with Gasteiger partial charge in [-0.05, 0) is 18.6 Å². The Labute approximate surface area is 109 Å². The monoisotopic (exact) mass is 264 g/mol. The molecule has 0 fully saturated rings. The Bertz CT molecular complexity index is 587. The van der Waals surface area contributed by atoms with Crippen LogP contribution in [-0.2, 0) is 20.9 Å². The molecule has 0 saturated carbocycles. The van der Waals surface area contributed by atoms with Crippen molar-refractivity contribution >= 4 is 17.9 Å². The summed E-state index contributed by atoms with van der Waals surface area (Å²) in [6.07, 6.45) is 0. The minimum atomic E-state index is -0.612. The molecule has 0 unspecified atom stereocenters. The van der Waals surface area contributed by atoms with E-state index in [-0.39, 0.29) is 23.7 Å². The molecule has 0 N–H and O–H groups in total. The van der Waals surface area contributed by atoms with Crippen LogP contribution >= 0.6 is 0 Å². The minimum absolute atomic E-state index is 0.0396. The van der Waals surface area contributed by atoms with Gasteiger partial charge in [0.15, 0.2) is 11.5 Å². The molecular formula is C13H12O6. The molecule has 1 heterocycles. The van der Waals surface area contributed by atoms with Gasteiger partial charge in [0.25, 0.3) is 0 Å². The first-order chi connectivity index (χ1) is 8.90. The van der Waals surface area contributed by atoms with Crippen LogP contribution in [0.5, 0.6) is 11.5 Å². The molecular weight excluding hydrogens is 252 g/mol. The molecule has 6 heteroatoms. The van der Waals surface area contributed by atoms with Gasteiger partial charge in [0.05, 0.1) is 0 Å². The lowest BCUT2D eigenvalue weighted by atomic mass is 10.0. The summed E-state index contributed by atoms with van der Waals surface area (Å²) in [5.74, 6) is -1.80. The van der Waals surface area contributed by atoms with E-state index < -0.39 is 17.9 Å². The van der Waals surface area contributed by atoms with Gasteiger partial charge in [-0.2, -0.15) is 0 Å². The van der Waals surface area contributed by atoms with Gasteiger partial charge in [-0.25, -0.2) is 4.79 Å². The fraction of sp³-hybridized carbons (Fsp3) is 0.308. The number of hydrogen-bond donors (Lipinski definition) is 0. The van der Waals surface area contributed by atoms with Crippen molar-refractivity contribution in [1.82, 2.24) is 0 Å². The Kier molecular flexibility index (Phi) is 3.25. The van der Waals surface area contributed by atoms with Crippen LogP contribution in [0.15, 0.2) is 6.07 Å². The average Bonchev–Trinajstić information content (AvgIpc) is 2.65. The standard InChI is InChI=1S/C13H12O6/c1-6-4-10(18-7(2)14)12(19-8(3)15)11-9(6)5-17-13(11)16/h4H,5H2,1-3H3. The number of benzene rings is 1. The molecule has 1 aromatic rings. The number of esters is 3. The van der Waals surface area contributed by atoms with Gasteiger partial charge >= 0.3 is 17.9 Å². The number of carbonyl (C=O) groups is 3. The third kappa shape index (κ3) is 2.42. The maximum absolute atomic E-state index is 11.7. The smallest absolute Gasteiger partial charge is 0.342 e. The summed E-state index contributed by atoms with van der Waals surface area (Å²) in [4.78, 5) is 33.9. The van der Waals surface area contributed by atoms with Crippen molar-refractivity contribution in [1.29, 1.82) is 0 Å². The lowest BCUT2D eigenvalue weighted by Crippen LogP contribution is -2.11. The highest BCUT2D eigenvalue weighted by molar-refractivity contribution is 5.99. The van der Waals surface area contributed by atoms with Crippen molar-refractivity contribution < 1.29 is 28.6 Å². The molecule has 1 aromatic carbocycles. The second-order valence-corrected chi connectivity index (χ2v) is 4.14. The molecule has 100 valence electrons. The zero-order chi connectivity index (χ0) is 14.2. The van der Waals surface area contributed by atoms with E-state index in [4.69, 9.17) is 14.2 Å². The van der Waals surface area contributed by atoms with Crippen LogP contribution in [0.4, 0.5) is 0 Å². The Hall–Kier alpha value is -2.37. The third-order valence-corrected chi connectivity index (χ3v) is 2.63. The van der Waals surface area contributed by atoms with E-state index in [1.807, 2.05) is 0 Å². The number of carbonyl (C=O) groups excluding carboxylic acids is 3. The molecule has 0 atom stereocenters. The normalized spacial score (nSPS) is 12.7. The summed E-state index contributed by atoms with van der Waals surface area (Å²) in [6.45, 7) is 4.29. The van der Waals surface area contributed by atoms with Crippen LogP contribution < -0.4 is 9.47 Å². The van der Waals surface area contributed by atoms with Crippen LogP contribution in [0, 0.1) is 6.92 Å². The van der Waals surface area contributed by atoms with E-state index in [0.29, 0.717) is 5.56 Å². The first kappa shape index (κ1) is 13.1. The largest absolute Gasteiger partial charge is 0.457 e. The number of ether oxygens (including phenoxy) is 3. The van der Waals surface area contributed by atoms with Crippen molar-refractivity contribution in [3.63, 3.8) is 0 Å². The fourth-order valence-corrected chi connectivity index (χ4v) is 1.89. The third-order valence-electron chi connectivity index (χ3n) is 2.63. The second kappa shape index (κ2) is 4.72. The van der Waals surface area contributed by atoms with E-state index in [1.165, 1.54) is 13.8 Å². The number of rotatable bonds is 2. The Morgan fingerprint density at radius 2 is 1.84 bits per heavy atom. The van der Waals surface area contributed by atoms with Crippen molar-refractivity contribution in [3.8, 4) is 11.5 Å². The van der Waals surface area contributed by atoms with Crippen LogP contribution in [0.2, 0.25) is 0 Å². The summed E-state index contributed by atoms with van der Waals surface area (Å²) in [5, 5.41) is 0. The molecule has 1 aliphatic rings. The van der Waals surface area contributed by atoms with Crippen molar-refractivity contribution in [2.24, 2.45) is 0 Å². The summed E-state index contributed by atoms with van der Waals surface area (Å²) in [5.41, 5.74) is 1.51. The Morgan fingerprint density at radius 1 is 1.21 bits per heavy atom. The molecule has 6 nitrogen and oxygen atoms in total. The number of cyclic esters (lactones) is 1. The molecule has 0 amide bonds.